The van der Waals surface area contributed by atoms with Crippen LogP contribution in [0.5, 0.6) is 0 Å². The van der Waals surface area contributed by atoms with Crippen LogP contribution in [0.4, 0.5) is 23.7 Å². The monoisotopic (exact) mass is 526 g/mol. The summed E-state index contributed by atoms with van der Waals surface area (Å²) in [4.78, 5) is 37.7. The van der Waals surface area contributed by atoms with Crippen molar-refractivity contribution in [3.63, 3.8) is 0 Å². The molecule has 1 saturated heterocycles. The van der Waals surface area contributed by atoms with Crippen molar-refractivity contribution in [2.75, 3.05) is 18.4 Å². The van der Waals surface area contributed by atoms with Gasteiger partial charge < -0.3 is 26.0 Å². The number of rotatable bonds is 5. The Hall–Kier alpha value is -3.12. The highest BCUT2D eigenvalue weighted by molar-refractivity contribution is 7.07. The van der Waals surface area contributed by atoms with Crippen molar-refractivity contribution in [2.24, 2.45) is 11.1 Å². The fourth-order valence-corrected chi connectivity index (χ4v) is 5.07. The number of carboxylic acids is 1. The Morgan fingerprint density at radius 3 is 2.25 bits per heavy atom. The molecule has 12 heteroatoms. The van der Waals surface area contributed by atoms with E-state index in [0.29, 0.717) is 19.1 Å². The minimum Gasteiger partial charge on any atom is -0.475 e. The third-order valence-electron chi connectivity index (χ3n) is 6.59. The van der Waals surface area contributed by atoms with Crippen LogP contribution in [0.15, 0.2) is 41.1 Å². The minimum absolute atomic E-state index is 0.0563. The van der Waals surface area contributed by atoms with Gasteiger partial charge in [0.25, 0.3) is 0 Å². The van der Waals surface area contributed by atoms with Gasteiger partial charge in [0.15, 0.2) is 0 Å². The number of nitrogens with one attached hydrogen (secondary N) is 1. The van der Waals surface area contributed by atoms with Crippen LogP contribution in [-0.2, 0) is 22.7 Å². The molecular formula is C24H29F3N4O4S. The smallest absolute Gasteiger partial charge is 0.475 e. The van der Waals surface area contributed by atoms with Crippen molar-refractivity contribution in [3.8, 4) is 0 Å². The molecule has 2 aromatic rings. The molecule has 2 heterocycles. The number of hydrogen-bond acceptors (Lipinski definition) is 5. The fraction of sp³-hybridized carbons (Fsp3) is 0.458. The van der Waals surface area contributed by atoms with Gasteiger partial charge in [0, 0.05) is 44.8 Å². The van der Waals surface area contributed by atoms with Crippen LogP contribution in [-0.4, -0.2) is 58.1 Å². The largest absolute Gasteiger partial charge is 0.490 e. The number of thiophene rings is 1. The van der Waals surface area contributed by atoms with Gasteiger partial charge >= 0.3 is 18.2 Å². The first-order chi connectivity index (χ1) is 16.9. The predicted molar refractivity (Wildman–Crippen MR) is 129 cm³/mol. The fourth-order valence-electron chi connectivity index (χ4n) is 4.41. The number of piperidine rings is 1. The maximum Gasteiger partial charge on any atom is 0.490 e. The lowest BCUT2D eigenvalue weighted by atomic mass is 9.92. The van der Waals surface area contributed by atoms with Crippen molar-refractivity contribution in [1.29, 1.82) is 0 Å². The van der Waals surface area contributed by atoms with Gasteiger partial charge in [-0.05, 0) is 64.8 Å². The first kappa shape index (κ1) is 27.5. The number of nitrogens with two attached hydrogens (primary N) is 1. The lowest BCUT2D eigenvalue weighted by Gasteiger charge is -2.34. The molecule has 1 saturated carbocycles. The molecule has 1 aromatic carbocycles. The summed E-state index contributed by atoms with van der Waals surface area (Å²) in [6.45, 7) is 4.30. The van der Waals surface area contributed by atoms with Crippen LogP contribution in [0.3, 0.4) is 0 Å². The molecule has 1 aromatic heterocycles. The molecule has 8 nitrogen and oxygen atoms in total. The van der Waals surface area contributed by atoms with Gasteiger partial charge in [-0.1, -0.05) is 12.1 Å². The van der Waals surface area contributed by atoms with Crippen molar-refractivity contribution >= 4 is 34.9 Å². The van der Waals surface area contributed by atoms with Crippen molar-refractivity contribution < 1.29 is 32.7 Å². The molecule has 1 spiro atoms. The highest BCUT2D eigenvalue weighted by Gasteiger charge is 2.58. The number of anilines is 1. The van der Waals surface area contributed by atoms with Crippen LogP contribution in [0.25, 0.3) is 0 Å². The topological polar surface area (TPSA) is 116 Å². The van der Waals surface area contributed by atoms with Crippen LogP contribution in [0.1, 0.15) is 37.3 Å². The summed E-state index contributed by atoms with van der Waals surface area (Å²) in [7, 11) is 0. The molecule has 3 amide bonds. The number of alkyl halides is 3. The first-order valence-electron chi connectivity index (χ1n) is 11.4. The Morgan fingerprint density at radius 1 is 1.17 bits per heavy atom. The third kappa shape index (κ3) is 6.97. The Labute approximate surface area is 210 Å². The van der Waals surface area contributed by atoms with Crippen LogP contribution < -0.4 is 11.1 Å². The molecule has 4 N–H and O–H groups in total. The number of carbonyl (C=O) groups excluding carboxylic acids is 2. The summed E-state index contributed by atoms with van der Waals surface area (Å²) in [6, 6.07) is 9.96. The predicted octanol–water partition coefficient (Wildman–Crippen LogP) is 4.28. The Kier molecular flexibility index (Phi) is 8.62. The van der Waals surface area contributed by atoms with Crippen LogP contribution in [0.2, 0.25) is 0 Å². The number of aliphatic carboxylic acids is 1. The lowest BCUT2D eigenvalue weighted by Crippen LogP contribution is -2.44. The van der Waals surface area contributed by atoms with E-state index >= 15 is 0 Å². The molecule has 2 fully saturated rings. The standard InChI is InChI=1S/C22H28N4O2S.C2HF3O2/c1-16(27)26(14-18-6-11-29-15-18)20-12-22(20)7-9-25(10-8-22)21(28)24-19-4-2-17(13-23)3-5-19;3-2(4,5)1(6)7/h2-6,11,15,20H,7-10,12-14,23H2,1H3,(H,24,28);(H,6,7). The number of likely N-dealkylation sites (tertiary alicyclic amines) is 1. The molecule has 36 heavy (non-hydrogen) atoms. The summed E-state index contributed by atoms with van der Waals surface area (Å²) in [6.07, 6.45) is -2.14. The van der Waals surface area contributed by atoms with Crippen molar-refractivity contribution in [3.05, 3.63) is 52.2 Å². The van der Waals surface area contributed by atoms with Gasteiger partial charge in [-0.25, -0.2) is 9.59 Å². The second-order valence-electron chi connectivity index (χ2n) is 8.98. The zero-order chi connectivity index (χ0) is 26.5. The number of carbonyl (C=O) groups is 3. The summed E-state index contributed by atoms with van der Waals surface area (Å²) in [5.74, 6) is -2.62. The molecule has 1 atom stereocenters. The van der Waals surface area contributed by atoms with Gasteiger partial charge in [-0.3, -0.25) is 4.79 Å². The van der Waals surface area contributed by atoms with Gasteiger partial charge in [0.2, 0.25) is 5.91 Å². The second kappa shape index (κ2) is 11.3. The number of amides is 3. The maximum atomic E-state index is 12.6. The van der Waals surface area contributed by atoms with Crippen molar-refractivity contribution in [2.45, 2.75) is 51.5 Å². The Balaban J connectivity index is 0.000000454. The summed E-state index contributed by atoms with van der Waals surface area (Å²) >= 11 is 1.66. The van der Waals surface area contributed by atoms with Crippen LogP contribution >= 0.6 is 11.3 Å². The molecule has 1 aliphatic heterocycles. The number of urea groups is 1. The maximum absolute atomic E-state index is 12.6. The summed E-state index contributed by atoms with van der Waals surface area (Å²) in [5, 5.41) is 14.3. The Bertz CT molecular complexity index is 1050. The number of nitrogens with zero attached hydrogens (tertiary/aromatic N) is 2. The normalized spacial score (nSPS) is 18.1. The number of halogens is 3. The molecule has 0 radical (unpaired) electrons. The zero-order valence-electron chi connectivity index (χ0n) is 19.8. The van der Waals surface area contributed by atoms with E-state index in [4.69, 9.17) is 15.6 Å². The van der Waals surface area contributed by atoms with E-state index in [0.717, 1.165) is 43.6 Å². The van der Waals surface area contributed by atoms with E-state index in [9.17, 15) is 22.8 Å². The summed E-state index contributed by atoms with van der Waals surface area (Å²) < 4.78 is 31.7. The minimum atomic E-state index is -5.08. The first-order valence-corrected chi connectivity index (χ1v) is 12.3. The van der Waals surface area contributed by atoms with Gasteiger partial charge in [0.05, 0.1) is 0 Å². The second-order valence-corrected chi connectivity index (χ2v) is 9.76. The molecule has 4 rings (SSSR count). The number of hydrogen-bond donors (Lipinski definition) is 3. The third-order valence-corrected chi connectivity index (χ3v) is 7.32. The molecule has 1 aliphatic carbocycles. The molecule has 196 valence electrons. The molecule has 1 unspecified atom stereocenters. The Morgan fingerprint density at radius 2 is 1.78 bits per heavy atom. The van der Waals surface area contributed by atoms with Gasteiger partial charge in [0.1, 0.15) is 0 Å². The average Bonchev–Trinajstić information content (AvgIpc) is 3.25. The summed E-state index contributed by atoms with van der Waals surface area (Å²) in [5.41, 5.74) is 8.83. The highest BCUT2D eigenvalue weighted by atomic mass is 32.1. The molecular weight excluding hydrogens is 497 g/mol. The quantitative estimate of drug-likeness (QED) is 0.538. The average molecular weight is 527 g/mol. The highest BCUT2D eigenvalue weighted by Crippen LogP contribution is 2.57. The number of carboxylic acid groups (broad SMARTS) is 1. The van der Waals surface area contributed by atoms with E-state index in [1.165, 1.54) is 5.56 Å². The lowest BCUT2D eigenvalue weighted by molar-refractivity contribution is -0.192. The van der Waals surface area contributed by atoms with E-state index in [1.54, 1.807) is 18.3 Å². The SMILES string of the molecule is CC(=O)N(Cc1ccsc1)C1CC12CCN(C(=O)Nc1ccc(CN)cc1)CC2.O=C(O)C(F)(F)F. The van der Waals surface area contributed by atoms with Gasteiger partial charge in [-0.15, -0.1) is 0 Å². The van der Waals surface area contributed by atoms with E-state index in [1.807, 2.05) is 34.1 Å². The zero-order valence-corrected chi connectivity index (χ0v) is 20.6. The molecule has 0 bridgehead atoms. The van der Waals surface area contributed by atoms with E-state index in [-0.39, 0.29) is 17.4 Å². The van der Waals surface area contributed by atoms with Crippen LogP contribution in [0, 0.1) is 5.41 Å². The van der Waals surface area contributed by atoms with Gasteiger partial charge in [-0.2, -0.15) is 24.5 Å². The van der Waals surface area contributed by atoms with E-state index in [2.05, 4.69) is 22.1 Å². The van der Waals surface area contributed by atoms with E-state index < -0.39 is 12.1 Å². The molecule has 2 aliphatic rings. The number of benzene rings is 1. The van der Waals surface area contributed by atoms with Crippen molar-refractivity contribution in [1.82, 2.24) is 9.80 Å².